The van der Waals surface area contributed by atoms with E-state index in [0.29, 0.717) is 5.92 Å². The van der Waals surface area contributed by atoms with Gasteiger partial charge in [0.2, 0.25) is 0 Å². The third-order valence-corrected chi connectivity index (χ3v) is 3.88. The molecule has 0 heterocycles. The number of hydrogen-bond acceptors (Lipinski definition) is 1. The average molecular weight is 220 g/mol. The lowest BCUT2D eigenvalue weighted by Gasteiger charge is -2.10. The van der Waals surface area contributed by atoms with Gasteiger partial charge in [0, 0.05) is 0 Å². The minimum atomic E-state index is -0.230. The van der Waals surface area contributed by atoms with Gasteiger partial charge in [-0.2, -0.15) is 0 Å². The van der Waals surface area contributed by atoms with Crippen LogP contribution in [0.1, 0.15) is 58.8 Å². The maximum absolute atomic E-state index is 10.3. The first-order chi connectivity index (χ1) is 7.68. The number of aliphatic hydroxyl groups is 1. The van der Waals surface area contributed by atoms with Crippen LogP contribution in [0.15, 0.2) is 22.8 Å². The number of rotatable bonds is 2. The third kappa shape index (κ3) is 2.57. The minimum absolute atomic E-state index is 0.230. The van der Waals surface area contributed by atoms with Crippen molar-refractivity contribution >= 4 is 0 Å². The Hall–Kier alpha value is -0.560. The van der Waals surface area contributed by atoms with Gasteiger partial charge in [-0.15, -0.1) is 0 Å². The Morgan fingerprint density at radius 3 is 2.50 bits per heavy atom. The maximum atomic E-state index is 10.3. The van der Waals surface area contributed by atoms with E-state index in [1.807, 2.05) is 0 Å². The molecule has 2 rings (SSSR count). The summed E-state index contributed by atoms with van der Waals surface area (Å²) in [5, 5.41) is 10.3. The highest BCUT2D eigenvalue weighted by molar-refractivity contribution is 5.35. The van der Waals surface area contributed by atoms with E-state index in [0.717, 1.165) is 19.3 Å². The second-order valence-electron chi connectivity index (χ2n) is 5.65. The van der Waals surface area contributed by atoms with Crippen molar-refractivity contribution in [1.29, 1.82) is 0 Å². The molecule has 90 valence electrons. The van der Waals surface area contributed by atoms with E-state index in [-0.39, 0.29) is 6.10 Å². The lowest BCUT2D eigenvalue weighted by atomic mass is 10.0. The first kappa shape index (κ1) is 11.9. The molecule has 0 spiro atoms. The van der Waals surface area contributed by atoms with Crippen molar-refractivity contribution in [3.8, 4) is 0 Å². The van der Waals surface area contributed by atoms with E-state index >= 15 is 0 Å². The maximum Gasteiger partial charge on any atom is 0.0963 e. The first-order valence-electron chi connectivity index (χ1n) is 6.76. The SMILES string of the molecule is CC(C)CC=C1CCC(=C2CCCC2)C1O. The quantitative estimate of drug-likeness (QED) is 0.698. The van der Waals surface area contributed by atoms with Gasteiger partial charge in [0.1, 0.15) is 0 Å². The minimum Gasteiger partial charge on any atom is -0.384 e. The predicted octanol–water partition coefficient (Wildman–Crippen LogP) is 3.98. The third-order valence-electron chi connectivity index (χ3n) is 3.88. The molecule has 0 aliphatic heterocycles. The van der Waals surface area contributed by atoms with E-state index in [1.165, 1.54) is 36.8 Å². The molecule has 1 heteroatoms. The molecule has 1 N–H and O–H groups in total. The highest BCUT2D eigenvalue weighted by Gasteiger charge is 2.27. The highest BCUT2D eigenvalue weighted by Crippen LogP contribution is 2.38. The fourth-order valence-corrected chi connectivity index (χ4v) is 2.87. The summed E-state index contributed by atoms with van der Waals surface area (Å²) < 4.78 is 0. The van der Waals surface area contributed by atoms with Gasteiger partial charge in [0.05, 0.1) is 6.10 Å². The summed E-state index contributed by atoms with van der Waals surface area (Å²) in [6.07, 6.45) is 10.5. The van der Waals surface area contributed by atoms with Crippen molar-refractivity contribution in [2.45, 2.75) is 64.9 Å². The molecule has 1 unspecified atom stereocenters. The van der Waals surface area contributed by atoms with Gasteiger partial charge in [-0.05, 0) is 62.0 Å². The summed E-state index contributed by atoms with van der Waals surface area (Å²) in [6, 6.07) is 0. The standard InChI is InChI=1S/C15H24O/c1-11(2)7-8-13-9-10-14(15(13)16)12-5-3-4-6-12/h8,11,15-16H,3-7,9-10H2,1-2H3. The molecule has 0 aromatic rings. The molecule has 1 atom stereocenters. The van der Waals surface area contributed by atoms with E-state index in [9.17, 15) is 5.11 Å². The molecular weight excluding hydrogens is 196 g/mol. The molecule has 2 fully saturated rings. The summed E-state index contributed by atoms with van der Waals surface area (Å²) in [6.45, 7) is 4.46. The lowest BCUT2D eigenvalue weighted by Crippen LogP contribution is -2.07. The van der Waals surface area contributed by atoms with Gasteiger partial charge < -0.3 is 5.11 Å². The normalized spacial score (nSPS) is 28.8. The summed E-state index contributed by atoms with van der Waals surface area (Å²) in [5.74, 6) is 0.697. The van der Waals surface area contributed by atoms with Gasteiger partial charge in [-0.1, -0.05) is 25.5 Å². The van der Waals surface area contributed by atoms with Crippen LogP contribution in [0.4, 0.5) is 0 Å². The fourth-order valence-electron chi connectivity index (χ4n) is 2.87. The molecule has 0 amide bonds. The lowest BCUT2D eigenvalue weighted by molar-refractivity contribution is 0.253. The molecule has 0 saturated heterocycles. The van der Waals surface area contributed by atoms with E-state index < -0.39 is 0 Å². The largest absolute Gasteiger partial charge is 0.384 e. The van der Waals surface area contributed by atoms with Gasteiger partial charge >= 0.3 is 0 Å². The Morgan fingerprint density at radius 2 is 1.88 bits per heavy atom. The first-order valence-corrected chi connectivity index (χ1v) is 6.76. The van der Waals surface area contributed by atoms with Crippen LogP contribution in [0, 0.1) is 5.92 Å². The zero-order chi connectivity index (χ0) is 11.5. The number of allylic oxidation sites excluding steroid dienone is 2. The van der Waals surface area contributed by atoms with Crippen molar-refractivity contribution < 1.29 is 5.11 Å². The second kappa shape index (κ2) is 5.18. The van der Waals surface area contributed by atoms with E-state index in [1.54, 1.807) is 5.57 Å². The molecule has 2 aliphatic rings. The second-order valence-corrected chi connectivity index (χ2v) is 5.65. The van der Waals surface area contributed by atoms with Crippen LogP contribution >= 0.6 is 0 Å². The zero-order valence-electron chi connectivity index (χ0n) is 10.6. The Kier molecular flexibility index (Phi) is 3.86. The topological polar surface area (TPSA) is 20.2 Å². The van der Waals surface area contributed by atoms with Gasteiger partial charge in [0.25, 0.3) is 0 Å². The van der Waals surface area contributed by atoms with E-state index in [4.69, 9.17) is 0 Å². The van der Waals surface area contributed by atoms with Crippen LogP contribution in [-0.2, 0) is 0 Å². The average Bonchev–Trinajstić information content (AvgIpc) is 2.84. The van der Waals surface area contributed by atoms with Crippen LogP contribution in [0.2, 0.25) is 0 Å². The fraction of sp³-hybridized carbons (Fsp3) is 0.733. The van der Waals surface area contributed by atoms with Gasteiger partial charge in [-0.3, -0.25) is 0 Å². The summed E-state index contributed by atoms with van der Waals surface area (Å²) in [7, 11) is 0. The number of aliphatic hydroxyl groups excluding tert-OH is 1. The van der Waals surface area contributed by atoms with Crippen LogP contribution in [0.3, 0.4) is 0 Å². The molecule has 16 heavy (non-hydrogen) atoms. The van der Waals surface area contributed by atoms with Crippen LogP contribution in [0.5, 0.6) is 0 Å². The van der Waals surface area contributed by atoms with Gasteiger partial charge in [0.15, 0.2) is 0 Å². The molecular formula is C15H24O. The van der Waals surface area contributed by atoms with Crippen LogP contribution in [0.25, 0.3) is 0 Å². The van der Waals surface area contributed by atoms with Gasteiger partial charge in [-0.25, -0.2) is 0 Å². The van der Waals surface area contributed by atoms with Crippen molar-refractivity contribution in [2.24, 2.45) is 5.92 Å². The summed E-state index contributed by atoms with van der Waals surface area (Å²) in [5.41, 5.74) is 4.22. The Morgan fingerprint density at radius 1 is 1.19 bits per heavy atom. The number of hydrogen-bond donors (Lipinski definition) is 1. The Balaban J connectivity index is 2.06. The Labute approximate surface area is 99.3 Å². The highest BCUT2D eigenvalue weighted by atomic mass is 16.3. The predicted molar refractivity (Wildman–Crippen MR) is 68.3 cm³/mol. The molecule has 0 aromatic carbocycles. The van der Waals surface area contributed by atoms with Crippen LogP contribution < -0.4 is 0 Å². The van der Waals surface area contributed by atoms with Crippen molar-refractivity contribution in [3.63, 3.8) is 0 Å². The molecule has 0 aromatic heterocycles. The monoisotopic (exact) mass is 220 g/mol. The summed E-state index contributed by atoms with van der Waals surface area (Å²) >= 11 is 0. The molecule has 1 nitrogen and oxygen atoms in total. The van der Waals surface area contributed by atoms with E-state index in [2.05, 4.69) is 19.9 Å². The molecule has 2 saturated carbocycles. The molecule has 0 radical (unpaired) electrons. The zero-order valence-corrected chi connectivity index (χ0v) is 10.6. The van der Waals surface area contributed by atoms with Crippen molar-refractivity contribution in [3.05, 3.63) is 22.8 Å². The smallest absolute Gasteiger partial charge is 0.0963 e. The summed E-state index contributed by atoms with van der Waals surface area (Å²) in [4.78, 5) is 0. The molecule has 0 bridgehead atoms. The molecule has 2 aliphatic carbocycles. The Bertz CT molecular complexity index is 301. The van der Waals surface area contributed by atoms with Crippen molar-refractivity contribution in [2.75, 3.05) is 0 Å². The van der Waals surface area contributed by atoms with Crippen LogP contribution in [-0.4, -0.2) is 11.2 Å². The van der Waals surface area contributed by atoms with Crippen molar-refractivity contribution in [1.82, 2.24) is 0 Å².